The van der Waals surface area contributed by atoms with Gasteiger partial charge in [0, 0.05) is 12.1 Å². The summed E-state index contributed by atoms with van der Waals surface area (Å²) in [5.41, 5.74) is 0.822. The molecule has 0 bridgehead atoms. The summed E-state index contributed by atoms with van der Waals surface area (Å²) < 4.78 is 6.07. The largest absolute Gasteiger partial charge is 0.538 e. The summed E-state index contributed by atoms with van der Waals surface area (Å²) in [5.74, 6) is -0.402. The molecule has 0 unspecified atom stereocenters. The van der Waals surface area contributed by atoms with Crippen LogP contribution in [0.2, 0.25) is 0 Å². The molecule has 1 aromatic carbocycles. The first-order valence-electron chi connectivity index (χ1n) is 4.01. The first kappa shape index (κ1) is 9.08. The number of rotatable bonds is 2. The number of thioether (sulfide) groups is 1. The predicted octanol–water partition coefficient (Wildman–Crippen LogP) is 0.747. The molecule has 0 aliphatic carbocycles. The summed E-state index contributed by atoms with van der Waals surface area (Å²) in [6.45, 7) is 0. The maximum atomic E-state index is 11.2. The standard InChI is InChI=1S/C9H8N2O2S/c1-14-8-9(12)13-10-11(8)7-5-3-2-4-6-7/h2-6H,1H3. The van der Waals surface area contributed by atoms with Gasteiger partial charge in [0.2, 0.25) is 5.69 Å². The molecule has 0 aliphatic rings. The molecule has 4 nitrogen and oxygen atoms in total. The molecule has 14 heavy (non-hydrogen) atoms. The number of para-hydroxylation sites is 1. The van der Waals surface area contributed by atoms with Gasteiger partial charge in [0.25, 0.3) is 5.03 Å². The van der Waals surface area contributed by atoms with Crippen LogP contribution in [0.15, 0.2) is 39.9 Å². The fraction of sp³-hybridized carbons (Fsp3) is 0.111. The molecule has 0 atom stereocenters. The summed E-state index contributed by atoms with van der Waals surface area (Å²) in [6, 6.07) is 9.39. The van der Waals surface area contributed by atoms with Gasteiger partial charge in [-0.25, -0.2) is 0 Å². The summed E-state index contributed by atoms with van der Waals surface area (Å²) in [4.78, 5) is 0. The van der Waals surface area contributed by atoms with Gasteiger partial charge < -0.3 is 9.63 Å². The predicted molar refractivity (Wildman–Crippen MR) is 49.3 cm³/mol. The Morgan fingerprint density at radius 3 is 2.71 bits per heavy atom. The number of benzene rings is 1. The lowest BCUT2D eigenvalue weighted by Gasteiger charge is -1.91. The lowest BCUT2D eigenvalue weighted by molar-refractivity contribution is -0.705. The maximum Gasteiger partial charge on any atom is 0.297 e. The van der Waals surface area contributed by atoms with E-state index in [2.05, 4.69) is 9.79 Å². The van der Waals surface area contributed by atoms with Crippen molar-refractivity contribution in [2.75, 3.05) is 6.26 Å². The summed E-state index contributed by atoms with van der Waals surface area (Å²) >= 11 is 1.32. The monoisotopic (exact) mass is 208 g/mol. The van der Waals surface area contributed by atoms with Crippen molar-refractivity contribution in [3.8, 4) is 11.6 Å². The Labute approximate surface area is 85.1 Å². The van der Waals surface area contributed by atoms with Gasteiger partial charge in [-0.2, -0.15) is 0 Å². The minimum atomic E-state index is -0.402. The van der Waals surface area contributed by atoms with E-state index in [4.69, 9.17) is 0 Å². The number of aromatic nitrogens is 2. The van der Waals surface area contributed by atoms with Gasteiger partial charge in [-0.3, -0.25) is 0 Å². The molecule has 1 aromatic heterocycles. The van der Waals surface area contributed by atoms with E-state index in [-0.39, 0.29) is 0 Å². The first-order valence-corrected chi connectivity index (χ1v) is 5.24. The van der Waals surface area contributed by atoms with Crippen LogP contribution in [-0.4, -0.2) is 11.5 Å². The van der Waals surface area contributed by atoms with Crippen molar-refractivity contribution in [2.24, 2.45) is 0 Å². The molecular formula is C9H8N2O2S. The fourth-order valence-corrected chi connectivity index (χ4v) is 1.66. The van der Waals surface area contributed by atoms with Gasteiger partial charge in [0.05, 0.1) is 5.27 Å². The van der Waals surface area contributed by atoms with Gasteiger partial charge in [0.15, 0.2) is 5.95 Å². The Morgan fingerprint density at radius 2 is 2.07 bits per heavy atom. The van der Waals surface area contributed by atoms with E-state index in [0.717, 1.165) is 5.69 Å². The van der Waals surface area contributed by atoms with E-state index >= 15 is 0 Å². The van der Waals surface area contributed by atoms with Gasteiger partial charge in [-0.15, -0.1) is 0 Å². The Bertz CT molecular complexity index is 428. The smallest absolute Gasteiger partial charge is 0.297 e. The second-order valence-corrected chi connectivity index (χ2v) is 3.41. The van der Waals surface area contributed by atoms with Gasteiger partial charge in [0.1, 0.15) is 0 Å². The molecule has 0 amide bonds. The molecule has 2 aromatic rings. The Balaban J connectivity index is 2.52. The van der Waals surface area contributed by atoms with Crippen molar-refractivity contribution in [1.82, 2.24) is 5.27 Å². The van der Waals surface area contributed by atoms with Crippen LogP contribution in [-0.2, 0) is 0 Å². The van der Waals surface area contributed by atoms with Crippen LogP contribution in [0.3, 0.4) is 0 Å². The van der Waals surface area contributed by atoms with E-state index in [1.54, 1.807) is 0 Å². The van der Waals surface area contributed by atoms with Crippen LogP contribution in [0.1, 0.15) is 0 Å². The molecule has 0 fully saturated rings. The zero-order chi connectivity index (χ0) is 9.97. The maximum absolute atomic E-state index is 11.2. The summed E-state index contributed by atoms with van der Waals surface area (Å²) in [6.07, 6.45) is 1.81. The summed E-state index contributed by atoms with van der Waals surface area (Å²) in [5, 5.41) is 15.3. The van der Waals surface area contributed by atoms with Crippen molar-refractivity contribution in [3.63, 3.8) is 0 Å². The van der Waals surface area contributed by atoms with Crippen LogP contribution < -0.4 is 9.79 Å². The van der Waals surface area contributed by atoms with Crippen molar-refractivity contribution in [2.45, 2.75) is 5.03 Å². The first-order chi connectivity index (χ1) is 6.83. The lowest BCUT2D eigenvalue weighted by atomic mass is 10.3. The molecule has 0 aliphatic heterocycles. The topological polar surface area (TPSA) is 53.0 Å². The molecule has 0 N–H and O–H groups in total. The third-order valence-electron chi connectivity index (χ3n) is 1.77. The van der Waals surface area contributed by atoms with Crippen molar-refractivity contribution < 1.29 is 14.3 Å². The van der Waals surface area contributed by atoms with Crippen LogP contribution in [0.5, 0.6) is 5.95 Å². The Morgan fingerprint density at radius 1 is 1.36 bits per heavy atom. The summed E-state index contributed by atoms with van der Waals surface area (Å²) in [7, 11) is 0. The zero-order valence-electron chi connectivity index (χ0n) is 7.51. The van der Waals surface area contributed by atoms with E-state index < -0.39 is 5.95 Å². The third kappa shape index (κ3) is 1.46. The van der Waals surface area contributed by atoms with Crippen LogP contribution in [0, 0.1) is 0 Å². The lowest BCUT2D eigenvalue weighted by Crippen LogP contribution is -2.34. The SMILES string of the molecule is CSc1c([O-])on[n+]1-c1ccccc1. The highest BCUT2D eigenvalue weighted by molar-refractivity contribution is 7.98. The minimum Gasteiger partial charge on any atom is -0.538 e. The minimum absolute atomic E-state index is 0.402. The highest BCUT2D eigenvalue weighted by Crippen LogP contribution is 2.19. The quantitative estimate of drug-likeness (QED) is 0.539. The molecular weight excluding hydrogens is 200 g/mol. The third-order valence-corrected chi connectivity index (χ3v) is 2.49. The van der Waals surface area contributed by atoms with E-state index in [1.807, 2.05) is 36.6 Å². The zero-order valence-corrected chi connectivity index (χ0v) is 8.32. The van der Waals surface area contributed by atoms with Crippen LogP contribution in [0.25, 0.3) is 5.69 Å². The van der Waals surface area contributed by atoms with E-state index in [1.165, 1.54) is 16.4 Å². The Hall–Kier alpha value is -1.49. The highest BCUT2D eigenvalue weighted by atomic mass is 32.2. The van der Waals surface area contributed by atoms with E-state index in [0.29, 0.717) is 5.03 Å². The van der Waals surface area contributed by atoms with Gasteiger partial charge >= 0.3 is 0 Å². The molecule has 0 saturated heterocycles. The number of hydrogen-bond acceptors (Lipinski definition) is 4. The van der Waals surface area contributed by atoms with Gasteiger partial charge in [-0.1, -0.05) is 30.0 Å². The second-order valence-electron chi connectivity index (χ2n) is 2.62. The second kappa shape index (κ2) is 3.71. The van der Waals surface area contributed by atoms with Crippen LogP contribution in [0.4, 0.5) is 0 Å². The molecule has 0 saturated carbocycles. The average molecular weight is 208 g/mol. The van der Waals surface area contributed by atoms with Crippen molar-refractivity contribution in [3.05, 3.63) is 30.3 Å². The normalized spacial score (nSPS) is 10.4. The van der Waals surface area contributed by atoms with Crippen molar-refractivity contribution >= 4 is 11.8 Å². The average Bonchev–Trinajstić information content (AvgIpc) is 2.61. The highest BCUT2D eigenvalue weighted by Gasteiger charge is 2.18. The molecule has 0 radical (unpaired) electrons. The molecule has 72 valence electrons. The van der Waals surface area contributed by atoms with Gasteiger partial charge in [-0.05, 0) is 10.9 Å². The number of nitrogens with zero attached hydrogens (tertiary/aromatic N) is 2. The molecule has 5 heteroatoms. The van der Waals surface area contributed by atoms with Crippen LogP contribution >= 0.6 is 11.8 Å². The van der Waals surface area contributed by atoms with Crippen molar-refractivity contribution in [1.29, 1.82) is 0 Å². The molecule has 0 spiro atoms. The molecule has 1 heterocycles. The Kier molecular flexibility index (Phi) is 2.41. The number of hydrogen-bond donors (Lipinski definition) is 0. The fourth-order valence-electron chi connectivity index (χ4n) is 1.14. The molecule has 2 rings (SSSR count). The van der Waals surface area contributed by atoms with E-state index in [9.17, 15) is 5.11 Å².